The van der Waals surface area contributed by atoms with Gasteiger partial charge in [-0.15, -0.1) is 0 Å². The standard InChI is InChI=1S/C42H58N4O10/c1-40-17-15-28(54-34(48)8-4-7-33(47)46-31(37(50)51)6-5-19-45-39(43)44)21-26(40)11-14-30-29(40)16-18-41(2)36(25-20-35(49)53-23-25)32-22-42(30,41)56-38(55-32)24-9-12-27(52-3)13-10-24/h9-10,12-13,20,26,28-32,36,38H,4-8,11,14-19,21-23H2,1-3H3,(H,46,47)(H,50,51)(H4,43,44,45)/t26-,28+,29+,30-,31+,32+,36+,38?,40+,41-,42+/m1/s1. The Hall–Kier alpha value is -4.17. The van der Waals surface area contributed by atoms with Crippen molar-refractivity contribution in [3.8, 4) is 5.75 Å². The van der Waals surface area contributed by atoms with Gasteiger partial charge in [-0.3, -0.25) is 14.6 Å². The largest absolute Gasteiger partial charge is 0.497 e. The first-order valence-corrected chi connectivity index (χ1v) is 20.4. The van der Waals surface area contributed by atoms with Crippen molar-refractivity contribution in [2.75, 3.05) is 20.3 Å². The number of hydrogen-bond acceptors (Lipinski definition) is 10. The quantitative estimate of drug-likeness (QED) is 0.0878. The summed E-state index contributed by atoms with van der Waals surface area (Å²) in [6, 6.07) is 6.86. The summed E-state index contributed by atoms with van der Waals surface area (Å²) in [7, 11) is 1.65. The number of carboxylic acids is 1. The van der Waals surface area contributed by atoms with Gasteiger partial charge in [-0.05, 0) is 105 Å². The highest BCUT2D eigenvalue weighted by Crippen LogP contribution is 2.73. The number of esters is 2. The molecule has 14 heteroatoms. The molecule has 1 saturated heterocycles. The van der Waals surface area contributed by atoms with E-state index in [4.69, 9.17) is 35.2 Å². The molecule has 4 saturated carbocycles. The molecule has 5 fully saturated rings. The zero-order chi connectivity index (χ0) is 39.8. The topological polar surface area (TPSA) is 211 Å². The average molecular weight is 779 g/mol. The molecule has 11 atom stereocenters. The molecule has 0 aromatic heterocycles. The average Bonchev–Trinajstić information content (AvgIpc) is 3.66. The van der Waals surface area contributed by atoms with Gasteiger partial charge < -0.3 is 45.6 Å². The lowest BCUT2D eigenvalue weighted by Crippen LogP contribution is -2.63. The van der Waals surface area contributed by atoms with Gasteiger partial charge >= 0.3 is 17.9 Å². The summed E-state index contributed by atoms with van der Waals surface area (Å²) in [6.45, 7) is 5.39. The van der Waals surface area contributed by atoms with E-state index in [0.717, 1.165) is 68.3 Å². The Morgan fingerprint density at radius 1 is 1.04 bits per heavy atom. The number of cyclic esters (lactones) is 1. The third-order valence-corrected chi connectivity index (χ3v) is 14.5. The number of fused-ring (bicyclic) bond motifs is 4. The highest BCUT2D eigenvalue weighted by molar-refractivity contribution is 5.85. The summed E-state index contributed by atoms with van der Waals surface area (Å²) < 4.78 is 31.1. The molecule has 4 aliphatic carbocycles. The lowest BCUT2D eigenvalue weighted by Gasteiger charge is -2.65. The van der Waals surface area contributed by atoms with Gasteiger partial charge in [0, 0.05) is 48.8 Å². The maximum absolute atomic E-state index is 13.0. The maximum atomic E-state index is 13.0. The Morgan fingerprint density at radius 2 is 1.82 bits per heavy atom. The van der Waals surface area contributed by atoms with Gasteiger partial charge in [0.1, 0.15) is 24.5 Å². The van der Waals surface area contributed by atoms with Crippen LogP contribution >= 0.6 is 0 Å². The smallest absolute Gasteiger partial charge is 0.331 e. The number of aliphatic carboxylic acids is 1. The lowest BCUT2D eigenvalue weighted by atomic mass is 9.43. The van der Waals surface area contributed by atoms with E-state index in [1.807, 2.05) is 24.3 Å². The molecule has 1 aromatic rings. The highest BCUT2D eigenvalue weighted by atomic mass is 16.7. The number of aliphatic imine (C=N–C) groups is 1. The molecule has 0 radical (unpaired) electrons. The van der Waals surface area contributed by atoms with Gasteiger partial charge in [-0.1, -0.05) is 26.0 Å². The fraction of sp³-hybridized carbons (Fsp3) is 0.690. The van der Waals surface area contributed by atoms with Crippen LogP contribution in [0.15, 0.2) is 40.9 Å². The van der Waals surface area contributed by atoms with E-state index >= 15 is 0 Å². The Balaban J connectivity index is 0.981. The van der Waals surface area contributed by atoms with Gasteiger partial charge in [0.15, 0.2) is 12.2 Å². The molecule has 56 heavy (non-hydrogen) atoms. The fourth-order valence-electron chi connectivity index (χ4n) is 11.8. The van der Waals surface area contributed by atoms with Crippen LogP contribution in [0.25, 0.3) is 0 Å². The van der Waals surface area contributed by atoms with Gasteiger partial charge in [0.2, 0.25) is 5.91 Å². The molecule has 14 nitrogen and oxygen atoms in total. The number of carbonyl (C=O) groups is 4. The number of carbonyl (C=O) groups excluding carboxylic acids is 3. The molecule has 1 spiro atoms. The highest BCUT2D eigenvalue weighted by Gasteiger charge is 2.74. The van der Waals surface area contributed by atoms with E-state index in [1.54, 1.807) is 13.2 Å². The predicted octanol–water partition coefficient (Wildman–Crippen LogP) is 4.69. The molecule has 2 aliphatic heterocycles. The number of ether oxygens (including phenoxy) is 5. The number of benzene rings is 1. The minimum atomic E-state index is -1.13. The number of carboxylic acid groups (broad SMARTS) is 1. The van der Waals surface area contributed by atoms with E-state index in [2.05, 4.69) is 24.2 Å². The van der Waals surface area contributed by atoms with Crippen molar-refractivity contribution in [2.45, 2.75) is 127 Å². The number of amides is 1. The number of hydrogen-bond donors (Lipinski definition) is 4. The monoisotopic (exact) mass is 778 g/mol. The number of nitrogens with zero attached hydrogens (tertiary/aromatic N) is 1. The second-order valence-corrected chi connectivity index (χ2v) is 17.4. The Bertz CT molecular complexity index is 1730. The first-order chi connectivity index (χ1) is 26.8. The Morgan fingerprint density at radius 3 is 2.52 bits per heavy atom. The molecule has 306 valence electrons. The minimum Gasteiger partial charge on any atom is -0.497 e. The van der Waals surface area contributed by atoms with Crippen molar-refractivity contribution in [3.63, 3.8) is 0 Å². The van der Waals surface area contributed by atoms with E-state index < -0.39 is 29.8 Å². The summed E-state index contributed by atoms with van der Waals surface area (Å²) in [5, 5.41) is 12.0. The van der Waals surface area contributed by atoms with Crippen LogP contribution < -0.4 is 21.5 Å². The molecule has 1 unspecified atom stereocenters. The Labute approximate surface area is 328 Å². The van der Waals surface area contributed by atoms with Crippen molar-refractivity contribution in [2.24, 2.45) is 51.0 Å². The van der Waals surface area contributed by atoms with Crippen LogP contribution in [0.4, 0.5) is 0 Å². The molecule has 6 N–H and O–H groups in total. The molecular formula is C42H58N4O10. The summed E-state index contributed by atoms with van der Waals surface area (Å²) in [6.07, 6.45) is 9.20. The van der Waals surface area contributed by atoms with Crippen molar-refractivity contribution in [1.29, 1.82) is 0 Å². The molecular weight excluding hydrogens is 720 g/mol. The van der Waals surface area contributed by atoms with Gasteiger partial charge in [-0.2, -0.15) is 0 Å². The van der Waals surface area contributed by atoms with Crippen molar-refractivity contribution < 1.29 is 48.0 Å². The van der Waals surface area contributed by atoms with E-state index in [1.165, 1.54) is 0 Å². The summed E-state index contributed by atoms with van der Waals surface area (Å²) in [5.41, 5.74) is 12.0. The first-order valence-electron chi connectivity index (χ1n) is 20.4. The van der Waals surface area contributed by atoms with Crippen molar-refractivity contribution in [3.05, 3.63) is 41.5 Å². The summed E-state index contributed by atoms with van der Waals surface area (Å²) in [5.74, 6) is -0.316. The van der Waals surface area contributed by atoms with Gasteiger partial charge in [0.25, 0.3) is 0 Å². The van der Waals surface area contributed by atoms with E-state index in [0.29, 0.717) is 30.8 Å². The van der Waals surface area contributed by atoms with Gasteiger partial charge in [0.05, 0.1) is 18.8 Å². The second-order valence-electron chi connectivity index (χ2n) is 17.4. The summed E-state index contributed by atoms with van der Waals surface area (Å²) in [4.78, 5) is 53.3. The first kappa shape index (κ1) is 40.0. The second kappa shape index (κ2) is 16.0. The third-order valence-electron chi connectivity index (χ3n) is 14.5. The van der Waals surface area contributed by atoms with Crippen LogP contribution in [0.3, 0.4) is 0 Å². The third kappa shape index (κ3) is 7.50. The molecule has 7 rings (SSSR count). The number of guanidine groups is 1. The molecule has 2 heterocycles. The predicted molar refractivity (Wildman–Crippen MR) is 204 cm³/mol. The van der Waals surface area contributed by atoms with Crippen molar-refractivity contribution in [1.82, 2.24) is 5.32 Å². The molecule has 1 amide bonds. The fourth-order valence-corrected chi connectivity index (χ4v) is 11.8. The maximum Gasteiger partial charge on any atom is 0.331 e. The van der Waals surface area contributed by atoms with E-state index in [-0.39, 0.29) is 79.1 Å². The molecule has 6 aliphatic rings. The SMILES string of the molecule is COc1ccc(C2O[C@H]3C[C@]4(O2)[C@@H]2CC[C@@H]5C[C@@H](OC(=O)CCCC(=O)N[C@@H](CCCN=C(N)N)C(=O)O)CC[C@]5(C)[C@H]2CC[C@]4(C)[C@H]3C2=CC(=O)OC2)cc1. The van der Waals surface area contributed by atoms with Crippen LogP contribution in [0.5, 0.6) is 5.75 Å². The lowest BCUT2D eigenvalue weighted by molar-refractivity contribution is -0.319. The minimum absolute atomic E-state index is 0.0190. The van der Waals surface area contributed by atoms with Crippen LogP contribution in [-0.2, 0) is 38.1 Å². The van der Waals surface area contributed by atoms with E-state index in [9.17, 15) is 24.3 Å². The van der Waals surface area contributed by atoms with Crippen LogP contribution in [0.2, 0.25) is 0 Å². The van der Waals surface area contributed by atoms with Crippen LogP contribution in [0.1, 0.15) is 109 Å². The number of methoxy groups -OCH3 is 1. The number of nitrogens with two attached hydrogens (primary N) is 2. The molecule has 2 bridgehead atoms. The zero-order valence-electron chi connectivity index (χ0n) is 32.8. The normalized spacial score (nSPS) is 36.1. The summed E-state index contributed by atoms with van der Waals surface area (Å²) >= 11 is 0. The van der Waals surface area contributed by atoms with Crippen LogP contribution in [-0.4, -0.2) is 79.0 Å². The Kier molecular flexibility index (Phi) is 11.4. The van der Waals surface area contributed by atoms with Crippen molar-refractivity contribution >= 4 is 29.8 Å². The van der Waals surface area contributed by atoms with Crippen LogP contribution in [0, 0.1) is 34.5 Å². The molecule has 1 aromatic carbocycles. The number of rotatable bonds is 14. The number of nitrogens with one attached hydrogen (secondary N) is 1. The van der Waals surface area contributed by atoms with Gasteiger partial charge in [-0.25, -0.2) is 9.59 Å². The zero-order valence-corrected chi connectivity index (χ0v) is 32.8.